The lowest BCUT2D eigenvalue weighted by Crippen LogP contribution is -2.52. The van der Waals surface area contributed by atoms with E-state index in [9.17, 15) is 15.8 Å². The fourth-order valence-electron chi connectivity index (χ4n) is 4.71. The van der Waals surface area contributed by atoms with Crippen molar-refractivity contribution in [3.63, 3.8) is 0 Å². The van der Waals surface area contributed by atoms with Gasteiger partial charge in [0.2, 0.25) is 0 Å². The Labute approximate surface area is 183 Å². The third-order valence-corrected chi connectivity index (χ3v) is 6.32. The van der Waals surface area contributed by atoms with E-state index >= 15 is 0 Å². The van der Waals surface area contributed by atoms with Gasteiger partial charge >= 0.3 is 0 Å². The van der Waals surface area contributed by atoms with E-state index < -0.39 is 17.3 Å². The summed E-state index contributed by atoms with van der Waals surface area (Å²) in [4.78, 5) is 2.22. The van der Waals surface area contributed by atoms with Gasteiger partial charge < -0.3 is 14.9 Å². The highest BCUT2D eigenvalue weighted by Gasteiger charge is 2.57. The maximum Gasteiger partial charge on any atom is 0.189 e. The second-order valence-electron chi connectivity index (χ2n) is 7.91. The lowest BCUT2D eigenvalue weighted by Gasteiger charge is -2.47. The van der Waals surface area contributed by atoms with E-state index in [1.54, 1.807) is 13.2 Å². The number of benzene rings is 1. The normalized spacial score (nSPS) is 24.7. The van der Waals surface area contributed by atoms with Crippen LogP contribution in [0, 0.1) is 56.7 Å². The first-order valence-electron chi connectivity index (χ1n) is 10.5. The Balaban J connectivity index is 2.19. The number of methoxy groups -OCH3 is 1. The summed E-state index contributed by atoms with van der Waals surface area (Å²) in [6, 6.07) is 11.9. The molecule has 0 spiro atoms. The summed E-state index contributed by atoms with van der Waals surface area (Å²) in [7, 11) is 1.55. The molecule has 7 heteroatoms. The molecule has 1 fully saturated rings. The van der Waals surface area contributed by atoms with E-state index in [-0.39, 0.29) is 11.6 Å². The van der Waals surface area contributed by atoms with Crippen molar-refractivity contribution in [3.8, 4) is 29.7 Å². The maximum atomic E-state index is 10.2. The van der Waals surface area contributed by atoms with Crippen molar-refractivity contribution in [2.45, 2.75) is 26.2 Å². The summed E-state index contributed by atoms with van der Waals surface area (Å²) in [6.07, 6.45) is 2.86. The third kappa shape index (κ3) is 3.65. The zero-order valence-corrected chi connectivity index (χ0v) is 18.2. The first kappa shape index (κ1) is 22.3. The molecule has 0 radical (unpaired) electrons. The van der Waals surface area contributed by atoms with Crippen LogP contribution in [0.3, 0.4) is 0 Å². The van der Waals surface area contributed by atoms with E-state index in [4.69, 9.17) is 14.9 Å². The second kappa shape index (κ2) is 9.21. The molecule has 0 amide bonds. The quantitative estimate of drug-likeness (QED) is 0.706. The highest BCUT2D eigenvalue weighted by molar-refractivity contribution is 6.00. The van der Waals surface area contributed by atoms with Crippen LogP contribution in [0.5, 0.6) is 11.5 Å². The molecule has 1 aliphatic carbocycles. The van der Waals surface area contributed by atoms with E-state index in [0.29, 0.717) is 31.2 Å². The van der Waals surface area contributed by atoms with Gasteiger partial charge in [-0.25, -0.2) is 0 Å². The van der Waals surface area contributed by atoms with Crippen LogP contribution in [0.2, 0.25) is 0 Å². The first-order valence-corrected chi connectivity index (χ1v) is 10.5. The molecule has 0 saturated heterocycles. The van der Waals surface area contributed by atoms with Crippen LogP contribution in [-0.4, -0.2) is 44.0 Å². The van der Waals surface area contributed by atoms with Gasteiger partial charge in [0.1, 0.15) is 5.92 Å². The van der Waals surface area contributed by atoms with Gasteiger partial charge in [0.05, 0.1) is 37.6 Å². The van der Waals surface area contributed by atoms with Gasteiger partial charge in [-0.15, -0.1) is 0 Å². The Kier molecular flexibility index (Phi) is 6.64. The van der Waals surface area contributed by atoms with Crippen LogP contribution >= 0.6 is 0 Å². The minimum atomic E-state index is -1.73. The molecular weight excluding hydrogens is 390 g/mol. The van der Waals surface area contributed by atoms with Crippen molar-refractivity contribution in [1.82, 2.24) is 4.90 Å². The average molecular weight is 418 g/mol. The largest absolute Gasteiger partial charge is 0.493 e. The standard InChI is InChI=1S/C24H27N5O2/c1-4-10-31-20-7-6-16(11-21(20)30-3)22-19-13-29(5-2)9-8-17(19)18(12-25)23(28)24(22,14-26)15-27/h6-8,11,18-19,22,28H,4-5,9-10,13H2,1-3H3/t18-,19+,22+/m0/s1. The van der Waals surface area contributed by atoms with Crippen molar-refractivity contribution >= 4 is 5.71 Å². The van der Waals surface area contributed by atoms with Crippen LogP contribution in [0.15, 0.2) is 29.8 Å². The number of rotatable bonds is 6. The van der Waals surface area contributed by atoms with Gasteiger partial charge in [-0.3, -0.25) is 4.90 Å². The number of hydrogen-bond donors (Lipinski definition) is 1. The Hall–Kier alpha value is -3.34. The SMILES string of the molecule is CCCOc1ccc([C@@H]2[C@@H]3CN(CC)CC=C3[C@H](C#N)C(=N)C2(C#N)C#N)cc1OC. The minimum Gasteiger partial charge on any atom is -0.493 e. The monoisotopic (exact) mass is 417 g/mol. The van der Waals surface area contributed by atoms with E-state index in [2.05, 4.69) is 30.0 Å². The van der Waals surface area contributed by atoms with Crippen molar-refractivity contribution in [2.75, 3.05) is 33.4 Å². The van der Waals surface area contributed by atoms with E-state index in [0.717, 1.165) is 24.1 Å². The van der Waals surface area contributed by atoms with Gasteiger partial charge in [0.25, 0.3) is 0 Å². The molecule has 1 aromatic rings. The van der Waals surface area contributed by atoms with Crippen molar-refractivity contribution < 1.29 is 9.47 Å². The fraction of sp³-hybridized carbons (Fsp3) is 0.500. The Morgan fingerprint density at radius 2 is 1.94 bits per heavy atom. The summed E-state index contributed by atoms with van der Waals surface area (Å²) in [6.45, 7) is 6.77. The van der Waals surface area contributed by atoms with Crippen LogP contribution in [-0.2, 0) is 0 Å². The predicted molar refractivity (Wildman–Crippen MR) is 116 cm³/mol. The van der Waals surface area contributed by atoms with Gasteiger partial charge in [-0.05, 0) is 36.2 Å². The fourth-order valence-corrected chi connectivity index (χ4v) is 4.71. The number of hydrogen-bond acceptors (Lipinski definition) is 7. The first-order chi connectivity index (χ1) is 15.0. The van der Waals surface area contributed by atoms with Gasteiger partial charge in [-0.2, -0.15) is 15.8 Å². The molecule has 3 atom stereocenters. The topological polar surface area (TPSA) is 117 Å². The molecular formula is C24H27N5O2. The predicted octanol–water partition coefficient (Wildman–Crippen LogP) is 3.65. The van der Waals surface area contributed by atoms with E-state index in [1.165, 1.54) is 0 Å². The van der Waals surface area contributed by atoms with E-state index in [1.807, 2.05) is 25.1 Å². The van der Waals surface area contributed by atoms with Crippen LogP contribution in [0.1, 0.15) is 31.7 Å². The number of likely N-dealkylation sites (N-methyl/N-ethyl adjacent to an activating group) is 1. The molecule has 1 heterocycles. The molecule has 3 rings (SSSR count). The summed E-state index contributed by atoms with van der Waals surface area (Å²) in [5, 5.41) is 38.8. The highest BCUT2D eigenvalue weighted by Crippen LogP contribution is 2.54. The summed E-state index contributed by atoms with van der Waals surface area (Å²) in [5.74, 6) is -0.539. The Bertz CT molecular complexity index is 996. The van der Waals surface area contributed by atoms with Crippen molar-refractivity contribution in [2.24, 2.45) is 17.3 Å². The van der Waals surface area contributed by atoms with Crippen LogP contribution in [0.4, 0.5) is 0 Å². The van der Waals surface area contributed by atoms with Gasteiger partial charge in [-0.1, -0.05) is 26.0 Å². The zero-order valence-electron chi connectivity index (χ0n) is 18.2. The molecule has 0 aromatic heterocycles. The number of fused-ring (bicyclic) bond motifs is 1. The second-order valence-corrected chi connectivity index (χ2v) is 7.91. The smallest absolute Gasteiger partial charge is 0.189 e. The van der Waals surface area contributed by atoms with Crippen LogP contribution < -0.4 is 9.47 Å². The Morgan fingerprint density at radius 3 is 2.52 bits per heavy atom. The molecule has 31 heavy (non-hydrogen) atoms. The molecule has 0 unspecified atom stereocenters. The van der Waals surface area contributed by atoms with Crippen LogP contribution in [0.25, 0.3) is 0 Å². The number of nitrogens with zero attached hydrogens (tertiary/aromatic N) is 4. The lowest BCUT2D eigenvalue weighted by atomic mass is 9.54. The summed E-state index contributed by atoms with van der Waals surface area (Å²) >= 11 is 0. The zero-order chi connectivity index (χ0) is 22.6. The molecule has 1 saturated carbocycles. The van der Waals surface area contributed by atoms with Gasteiger partial charge in [0.15, 0.2) is 16.9 Å². The third-order valence-electron chi connectivity index (χ3n) is 6.32. The minimum absolute atomic E-state index is 0.136. The number of nitriles is 3. The summed E-state index contributed by atoms with van der Waals surface area (Å²) < 4.78 is 11.3. The Morgan fingerprint density at radius 1 is 1.19 bits per heavy atom. The van der Waals surface area contributed by atoms with Crippen molar-refractivity contribution in [1.29, 1.82) is 21.2 Å². The highest BCUT2D eigenvalue weighted by atomic mass is 16.5. The molecule has 1 N–H and O–H groups in total. The molecule has 160 valence electrons. The van der Waals surface area contributed by atoms with Crippen molar-refractivity contribution in [3.05, 3.63) is 35.4 Å². The average Bonchev–Trinajstić information content (AvgIpc) is 2.81. The maximum absolute atomic E-state index is 10.2. The molecule has 1 aliphatic heterocycles. The van der Waals surface area contributed by atoms with Gasteiger partial charge in [0, 0.05) is 24.9 Å². The number of nitrogens with one attached hydrogen (secondary N) is 1. The lowest BCUT2D eigenvalue weighted by molar-refractivity contribution is 0.211. The molecule has 2 aliphatic rings. The molecule has 1 aromatic carbocycles. The molecule has 7 nitrogen and oxygen atoms in total. The summed E-state index contributed by atoms with van der Waals surface area (Å²) in [5.41, 5.74) is -0.286. The number of ether oxygens (including phenoxy) is 2. The molecule has 0 bridgehead atoms.